The predicted octanol–water partition coefficient (Wildman–Crippen LogP) is 2.73. The SMILES string of the molecule is CC1CN(C(=O)c2cc(-c3ccccc3F)on2)C(C)CO1. The highest BCUT2D eigenvalue weighted by molar-refractivity contribution is 5.93. The normalized spacial score (nSPS) is 21.9. The molecule has 22 heavy (non-hydrogen) atoms. The quantitative estimate of drug-likeness (QED) is 0.856. The van der Waals surface area contributed by atoms with Gasteiger partial charge in [-0.2, -0.15) is 0 Å². The van der Waals surface area contributed by atoms with Gasteiger partial charge in [0.25, 0.3) is 5.91 Å². The fraction of sp³-hybridized carbons (Fsp3) is 0.375. The Morgan fingerprint density at radius 3 is 2.91 bits per heavy atom. The number of aromatic nitrogens is 1. The highest BCUT2D eigenvalue weighted by Crippen LogP contribution is 2.24. The number of carbonyl (C=O) groups is 1. The Bertz CT molecular complexity index is 686. The summed E-state index contributed by atoms with van der Waals surface area (Å²) in [4.78, 5) is 14.2. The van der Waals surface area contributed by atoms with E-state index in [2.05, 4.69) is 5.16 Å². The molecule has 1 aromatic carbocycles. The third-order valence-corrected chi connectivity index (χ3v) is 3.74. The molecule has 0 spiro atoms. The number of hydrogen-bond donors (Lipinski definition) is 0. The Kier molecular flexibility index (Phi) is 3.94. The minimum atomic E-state index is -0.411. The second-order valence-corrected chi connectivity index (χ2v) is 5.51. The molecule has 2 aromatic rings. The largest absolute Gasteiger partial charge is 0.375 e. The lowest BCUT2D eigenvalue weighted by Gasteiger charge is -2.36. The number of morpholine rings is 1. The van der Waals surface area contributed by atoms with E-state index < -0.39 is 5.82 Å². The Morgan fingerprint density at radius 2 is 2.14 bits per heavy atom. The van der Waals surface area contributed by atoms with Crippen molar-refractivity contribution in [2.45, 2.75) is 26.0 Å². The van der Waals surface area contributed by atoms with Crippen molar-refractivity contribution in [1.29, 1.82) is 0 Å². The van der Waals surface area contributed by atoms with Crippen molar-refractivity contribution in [3.05, 3.63) is 41.8 Å². The minimum absolute atomic E-state index is 0.0157. The van der Waals surface area contributed by atoms with Crippen LogP contribution in [-0.2, 0) is 4.74 Å². The summed E-state index contributed by atoms with van der Waals surface area (Å²) in [6, 6.07) is 7.67. The zero-order chi connectivity index (χ0) is 15.7. The molecule has 2 heterocycles. The number of halogens is 1. The molecule has 5 nitrogen and oxygen atoms in total. The lowest BCUT2D eigenvalue weighted by molar-refractivity contribution is -0.0390. The van der Waals surface area contributed by atoms with E-state index in [0.29, 0.717) is 13.2 Å². The minimum Gasteiger partial charge on any atom is -0.375 e. The number of hydrogen-bond acceptors (Lipinski definition) is 4. The Labute approximate surface area is 127 Å². The molecule has 3 rings (SSSR count). The van der Waals surface area contributed by atoms with E-state index in [-0.39, 0.29) is 35.1 Å². The van der Waals surface area contributed by atoms with Gasteiger partial charge in [0.1, 0.15) is 5.82 Å². The molecular weight excluding hydrogens is 287 g/mol. The summed E-state index contributed by atoms with van der Waals surface area (Å²) in [7, 11) is 0. The van der Waals surface area contributed by atoms with Gasteiger partial charge in [0.05, 0.1) is 24.3 Å². The van der Waals surface area contributed by atoms with E-state index in [1.54, 1.807) is 23.1 Å². The summed E-state index contributed by atoms with van der Waals surface area (Å²) >= 11 is 0. The van der Waals surface area contributed by atoms with Crippen LogP contribution in [0.4, 0.5) is 4.39 Å². The fourth-order valence-corrected chi connectivity index (χ4v) is 2.50. The van der Waals surface area contributed by atoms with Crippen molar-refractivity contribution in [3.8, 4) is 11.3 Å². The molecule has 2 atom stereocenters. The highest BCUT2D eigenvalue weighted by Gasteiger charge is 2.30. The molecule has 0 bridgehead atoms. The number of amides is 1. The zero-order valence-electron chi connectivity index (χ0n) is 12.5. The van der Waals surface area contributed by atoms with Crippen LogP contribution in [0.3, 0.4) is 0 Å². The molecule has 0 aliphatic carbocycles. The van der Waals surface area contributed by atoms with Crippen molar-refractivity contribution >= 4 is 5.91 Å². The van der Waals surface area contributed by atoms with Gasteiger partial charge < -0.3 is 14.2 Å². The first-order valence-corrected chi connectivity index (χ1v) is 7.20. The molecule has 1 aliphatic heterocycles. The summed E-state index contributed by atoms with van der Waals surface area (Å²) in [5.74, 6) is -0.393. The molecule has 2 unspecified atom stereocenters. The second-order valence-electron chi connectivity index (χ2n) is 5.51. The number of rotatable bonds is 2. The van der Waals surface area contributed by atoms with Crippen molar-refractivity contribution in [2.24, 2.45) is 0 Å². The first-order chi connectivity index (χ1) is 10.6. The van der Waals surface area contributed by atoms with Gasteiger partial charge in [-0.1, -0.05) is 17.3 Å². The predicted molar refractivity (Wildman–Crippen MR) is 77.8 cm³/mol. The molecule has 1 amide bonds. The molecule has 1 fully saturated rings. The summed E-state index contributed by atoms with van der Waals surface area (Å²) in [6.07, 6.45) is -0.0157. The van der Waals surface area contributed by atoms with Crippen LogP contribution < -0.4 is 0 Å². The molecule has 1 aromatic heterocycles. The third kappa shape index (κ3) is 2.74. The number of nitrogens with zero attached hydrogens (tertiary/aromatic N) is 2. The third-order valence-electron chi connectivity index (χ3n) is 3.74. The summed E-state index contributed by atoms with van der Waals surface area (Å²) in [5.41, 5.74) is 0.469. The summed E-state index contributed by atoms with van der Waals surface area (Å²) in [5, 5.41) is 3.79. The maximum Gasteiger partial charge on any atom is 0.276 e. The van der Waals surface area contributed by atoms with Crippen LogP contribution in [0.2, 0.25) is 0 Å². The molecule has 0 N–H and O–H groups in total. The van der Waals surface area contributed by atoms with Crippen molar-refractivity contribution in [2.75, 3.05) is 13.2 Å². The van der Waals surface area contributed by atoms with Crippen LogP contribution in [0, 0.1) is 5.82 Å². The van der Waals surface area contributed by atoms with E-state index >= 15 is 0 Å². The van der Waals surface area contributed by atoms with Gasteiger partial charge in [-0.15, -0.1) is 0 Å². The van der Waals surface area contributed by atoms with Crippen molar-refractivity contribution in [3.63, 3.8) is 0 Å². The fourth-order valence-electron chi connectivity index (χ4n) is 2.50. The number of benzene rings is 1. The first kappa shape index (κ1) is 14.7. The molecule has 1 saturated heterocycles. The zero-order valence-corrected chi connectivity index (χ0v) is 12.5. The lowest BCUT2D eigenvalue weighted by Crippen LogP contribution is -2.50. The second kappa shape index (κ2) is 5.88. The van der Waals surface area contributed by atoms with Crippen molar-refractivity contribution < 1.29 is 18.4 Å². The van der Waals surface area contributed by atoms with Gasteiger partial charge in [-0.05, 0) is 26.0 Å². The van der Waals surface area contributed by atoms with Gasteiger partial charge in [0.15, 0.2) is 11.5 Å². The number of ether oxygens (including phenoxy) is 1. The van der Waals surface area contributed by atoms with Gasteiger partial charge in [-0.25, -0.2) is 4.39 Å². The topological polar surface area (TPSA) is 55.6 Å². The molecule has 0 saturated carbocycles. The maximum absolute atomic E-state index is 13.8. The van der Waals surface area contributed by atoms with Crippen LogP contribution in [-0.4, -0.2) is 41.3 Å². The van der Waals surface area contributed by atoms with Crippen LogP contribution in [0.15, 0.2) is 34.9 Å². The van der Waals surface area contributed by atoms with E-state index in [1.807, 2.05) is 13.8 Å². The molecule has 1 aliphatic rings. The van der Waals surface area contributed by atoms with Crippen LogP contribution in [0.1, 0.15) is 24.3 Å². The lowest BCUT2D eigenvalue weighted by atomic mass is 10.1. The maximum atomic E-state index is 13.8. The van der Waals surface area contributed by atoms with E-state index in [9.17, 15) is 9.18 Å². The van der Waals surface area contributed by atoms with E-state index in [4.69, 9.17) is 9.26 Å². The van der Waals surface area contributed by atoms with E-state index in [1.165, 1.54) is 12.1 Å². The highest BCUT2D eigenvalue weighted by atomic mass is 19.1. The monoisotopic (exact) mass is 304 g/mol. The molecule has 116 valence electrons. The van der Waals surface area contributed by atoms with Crippen LogP contribution >= 0.6 is 0 Å². The van der Waals surface area contributed by atoms with Gasteiger partial charge >= 0.3 is 0 Å². The van der Waals surface area contributed by atoms with Crippen LogP contribution in [0.25, 0.3) is 11.3 Å². The van der Waals surface area contributed by atoms with Crippen molar-refractivity contribution in [1.82, 2.24) is 10.1 Å². The van der Waals surface area contributed by atoms with Gasteiger partial charge in [-0.3, -0.25) is 4.79 Å². The van der Waals surface area contributed by atoms with E-state index in [0.717, 1.165) is 0 Å². The summed E-state index contributed by atoms with van der Waals surface area (Å²) in [6.45, 7) is 4.83. The van der Waals surface area contributed by atoms with Gasteiger partial charge in [0, 0.05) is 12.6 Å². The molecular formula is C16H17FN2O3. The van der Waals surface area contributed by atoms with Crippen LogP contribution in [0.5, 0.6) is 0 Å². The van der Waals surface area contributed by atoms with Gasteiger partial charge in [0.2, 0.25) is 0 Å². The molecule has 6 heteroatoms. The number of carbonyl (C=O) groups excluding carboxylic acids is 1. The Hall–Kier alpha value is -2.21. The first-order valence-electron chi connectivity index (χ1n) is 7.20. The smallest absolute Gasteiger partial charge is 0.276 e. The average molecular weight is 304 g/mol. The summed E-state index contributed by atoms with van der Waals surface area (Å²) < 4.78 is 24.4. The standard InChI is InChI=1S/C16H17FN2O3/c1-10-9-21-11(2)8-19(10)16(20)14-7-15(22-18-14)12-5-3-4-6-13(12)17/h3-7,10-11H,8-9H2,1-2H3. The molecule has 0 radical (unpaired) electrons. The average Bonchev–Trinajstić information content (AvgIpc) is 2.99. The Morgan fingerprint density at radius 1 is 1.36 bits per heavy atom. The Balaban J connectivity index is 1.84.